The van der Waals surface area contributed by atoms with E-state index in [4.69, 9.17) is 4.74 Å². The largest absolute Gasteiger partial charge is 0.385 e. The van der Waals surface area contributed by atoms with Gasteiger partial charge in [-0.1, -0.05) is 6.92 Å². The lowest BCUT2D eigenvalue weighted by Gasteiger charge is -2.22. The van der Waals surface area contributed by atoms with Crippen LogP contribution in [0.15, 0.2) is 29.2 Å². The van der Waals surface area contributed by atoms with Crippen LogP contribution in [0.1, 0.15) is 26.2 Å². The third-order valence-electron chi connectivity index (χ3n) is 3.56. The monoisotopic (exact) mass is 312 g/mol. The van der Waals surface area contributed by atoms with Gasteiger partial charge in [-0.3, -0.25) is 0 Å². The number of anilines is 1. The second-order valence-electron chi connectivity index (χ2n) is 5.39. The minimum Gasteiger partial charge on any atom is -0.385 e. The number of hydrogen-bond donors (Lipinski definition) is 2. The van der Waals surface area contributed by atoms with Crippen molar-refractivity contribution in [1.29, 1.82) is 0 Å². The fourth-order valence-corrected chi connectivity index (χ4v) is 3.42. The molecule has 1 aromatic rings. The van der Waals surface area contributed by atoms with E-state index >= 15 is 0 Å². The minimum absolute atomic E-state index is 0.277. The predicted octanol–water partition coefficient (Wildman–Crippen LogP) is 2.21. The molecule has 2 rings (SSSR count). The summed E-state index contributed by atoms with van der Waals surface area (Å²) >= 11 is 0. The Morgan fingerprint density at radius 2 is 2.05 bits per heavy atom. The van der Waals surface area contributed by atoms with Gasteiger partial charge in [-0.15, -0.1) is 0 Å². The van der Waals surface area contributed by atoms with Crippen LogP contribution in [0.5, 0.6) is 0 Å². The normalized spacial score (nSPS) is 19.4. The SMILES string of the molecule is CCCNc1ccc(S(=O)(=O)NCC2CCCOC2)cc1. The lowest BCUT2D eigenvalue weighted by Crippen LogP contribution is -2.33. The summed E-state index contributed by atoms with van der Waals surface area (Å²) in [5, 5.41) is 3.22. The molecule has 0 saturated carbocycles. The second-order valence-corrected chi connectivity index (χ2v) is 7.15. The smallest absolute Gasteiger partial charge is 0.240 e. The fourth-order valence-electron chi connectivity index (χ4n) is 2.30. The maximum Gasteiger partial charge on any atom is 0.240 e. The minimum atomic E-state index is -3.43. The van der Waals surface area contributed by atoms with Gasteiger partial charge in [0.2, 0.25) is 10.0 Å². The maximum absolute atomic E-state index is 12.2. The molecule has 0 spiro atoms. The molecule has 1 aliphatic rings. The molecular formula is C15H24N2O3S. The summed E-state index contributed by atoms with van der Waals surface area (Å²) in [6, 6.07) is 6.87. The topological polar surface area (TPSA) is 67.4 Å². The molecule has 1 heterocycles. The highest BCUT2D eigenvalue weighted by Gasteiger charge is 2.19. The molecule has 1 saturated heterocycles. The quantitative estimate of drug-likeness (QED) is 0.810. The third kappa shape index (κ3) is 4.98. The van der Waals surface area contributed by atoms with Gasteiger partial charge in [-0.25, -0.2) is 13.1 Å². The summed E-state index contributed by atoms with van der Waals surface area (Å²) in [6.07, 6.45) is 3.05. The summed E-state index contributed by atoms with van der Waals surface area (Å²) in [7, 11) is -3.43. The molecule has 6 heteroatoms. The zero-order chi connectivity index (χ0) is 15.1. The number of hydrogen-bond acceptors (Lipinski definition) is 4. The van der Waals surface area contributed by atoms with Gasteiger partial charge in [0.15, 0.2) is 0 Å². The Labute approximate surface area is 127 Å². The highest BCUT2D eigenvalue weighted by atomic mass is 32.2. The molecule has 0 aromatic heterocycles. The number of benzene rings is 1. The van der Waals surface area contributed by atoms with Crippen molar-refractivity contribution >= 4 is 15.7 Å². The molecule has 0 bridgehead atoms. The third-order valence-corrected chi connectivity index (χ3v) is 5.00. The van der Waals surface area contributed by atoms with Crippen molar-refractivity contribution in [2.75, 3.05) is 31.6 Å². The van der Waals surface area contributed by atoms with E-state index in [2.05, 4.69) is 17.0 Å². The van der Waals surface area contributed by atoms with Gasteiger partial charge < -0.3 is 10.1 Å². The van der Waals surface area contributed by atoms with Gasteiger partial charge in [-0.2, -0.15) is 0 Å². The Balaban J connectivity index is 1.91. The van der Waals surface area contributed by atoms with E-state index in [1.807, 2.05) is 0 Å². The lowest BCUT2D eigenvalue weighted by atomic mass is 10.0. The summed E-state index contributed by atoms with van der Waals surface area (Å²) < 4.78 is 32.5. The van der Waals surface area contributed by atoms with Crippen LogP contribution in [-0.2, 0) is 14.8 Å². The number of nitrogens with one attached hydrogen (secondary N) is 2. The molecule has 1 fully saturated rings. The second kappa shape index (κ2) is 7.77. The van der Waals surface area contributed by atoms with Gasteiger partial charge in [0.25, 0.3) is 0 Å². The first-order valence-corrected chi connectivity index (χ1v) is 9.01. The average Bonchev–Trinajstić information content (AvgIpc) is 2.52. The van der Waals surface area contributed by atoms with E-state index < -0.39 is 10.0 Å². The molecule has 0 amide bonds. The first-order chi connectivity index (χ1) is 10.1. The van der Waals surface area contributed by atoms with Crippen LogP contribution >= 0.6 is 0 Å². The van der Waals surface area contributed by atoms with E-state index in [1.54, 1.807) is 24.3 Å². The van der Waals surface area contributed by atoms with Crippen LogP contribution in [0.25, 0.3) is 0 Å². The first-order valence-electron chi connectivity index (χ1n) is 7.53. The standard InChI is InChI=1S/C15H24N2O3S/c1-2-9-16-14-5-7-15(8-6-14)21(18,19)17-11-13-4-3-10-20-12-13/h5-8,13,16-17H,2-4,9-12H2,1H3. The fraction of sp³-hybridized carbons (Fsp3) is 0.600. The Morgan fingerprint density at radius 1 is 1.29 bits per heavy atom. The van der Waals surface area contributed by atoms with Crippen molar-refractivity contribution in [2.24, 2.45) is 5.92 Å². The molecule has 1 aromatic carbocycles. The van der Waals surface area contributed by atoms with Crippen LogP contribution in [0.2, 0.25) is 0 Å². The lowest BCUT2D eigenvalue weighted by molar-refractivity contribution is 0.0568. The van der Waals surface area contributed by atoms with Crippen LogP contribution in [0.4, 0.5) is 5.69 Å². The van der Waals surface area contributed by atoms with E-state index in [-0.39, 0.29) is 5.92 Å². The highest BCUT2D eigenvalue weighted by Crippen LogP contribution is 2.16. The van der Waals surface area contributed by atoms with E-state index in [0.29, 0.717) is 18.0 Å². The van der Waals surface area contributed by atoms with Crippen LogP contribution in [-0.4, -0.2) is 34.7 Å². The van der Waals surface area contributed by atoms with Gasteiger partial charge in [0, 0.05) is 25.4 Å². The molecule has 1 atom stereocenters. The molecule has 0 aliphatic carbocycles. The zero-order valence-corrected chi connectivity index (χ0v) is 13.3. The summed E-state index contributed by atoms with van der Waals surface area (Å²) in [5.41, 5.74) is 0.941. The van der Waals surface area contributed by atoms with Crippen molar-refractivity contribution in [3.63, 3.8) is 0 Å². The molecule has 0 radical (unpaired) electrons. The van der Waals surface area contributed by atoms with Gasteiger partial charge in [-0.05, 0) is 49.4 Å². The summed E-state index contributed by atoms with van der Waals surface area (Å²) in [4.78, 5) is 0.307. The molecule has 21 heavy (non-hydrogen) atoms. The first kappa shape index (κ1) is 16.3. The molecule has 5 nitrogen and oxygen atoms in total. The predicted molar refractivity (Wildman–Crippen MR) is 84.0 cm³/mol. The van der Waals surface area contributed by atoms with Crippen LogP contribution < -0.4 is 10.0 Å². The van der Waals surface area contributed by atoms with Crippen LogP contribution in [0, 0.1) is 5.92 Å². The van der Waals surface area contributed by atoms with Crippen molar-refractivity contribution in [2.45, 2.75) is 31.1 Å². The average molecular weight is 312 g/mol. The molecule has 2 N–H and O–H groups in total. The Kier molecular flexibility index (Phi) is 6.02. The van der Waals surface area contributed by atoms with Crippen LogP contribution in [0.3, 0.4) is 0 Å². The van der Waals surface area contributed by atoms with Crippen molar-refractivity contribution in [3.8, 4) is 0 Å². The van der Waals surface area contributed by atoms with E-state index in [0.717, 1.165) is 38.1 Å². The Morgan fingerprint density at radius 3 is 2.67 bits per heavy atom. The number of ether oxygens (including phenoxy) is 1. The van der Waals surface area contributed by atoms with E-state index in [1.165, 1.54) is 0 Å². The van der Waals surface area contributed by atoms with Gasteiger partial charge in [0.1, 0.15) is 0 Å². The molecular weight excluding hydrogens is 288 g/mol. The van der Waals surface area contributed by atoms with E-state index in [9.17, 15) is 8.42 Å². The summed E-state index contributed by atoms with van der Waals surface area (Å²) in [5.74, 6) is 0.277. The van der Waals surface area contributed by atoms with Crippen molar-refractivity contribution < 1.29 is 13.2 Å². The summed E-state index contributed by atoms with van der Waals surface area (Å²) in [6.45, 7) is 4.84. The zero-order valence-electron chi connectivity index (χ0n) is 12.5. The number of sulfonamides is 1. The van der Waals surface area contributed by atoms with Gasteiger partial charge >= 0.3 is 0 Å². The molecule has 1 aliphatic heterocycles. The highest BCUT2D eigenvalue weighted by molar-refractivity contribution is 7.89. The Hall–Kier alpha value is -1.11. The maximum atomic E-state index is 12.2. The Bertz CT molecular complexity index is 522. The number of rotatable bonds is 7. The van der Waals surface area contributed by atoms with Crippen molar-refractivity contribution in [1.82, 2.24) is 4.72 Å². The van der Waals surface area contributed by atoms with Crippen molar-refractivity contribution in [3.05, 3.63) is 24.3 Å². The molecule has 118 valence electrons. The van der Waals surface area contributed by atoms with Gasteiger partial charge in [0.05, 0.1) is 11.5 Å². The molecule has 1 unspecified atom stereocenters.